The standard InChI is InChI=1S/C7H9ClN2O2/c1-12-6(11)3-2-5-7(8)10-4-9-5/h4H,2-3H2,1H3,(H,9,10). The minimum Gasteiger partial charge on any atom is -0.469 e. The highest BCUT2D eigenvalue weighted by Gasteiger charge is 2.05. The van der Waals surface area contributed by atoms with Crippen molar-refractivity contribution in [3.8, 4) is 0 Å². The molecule has 1 heterocycles. The van der Waals surface area contributed by atoms with Crippen LogP contribution in [-0.2, 0) is 16.0 Å². The minimum absolute atomic E-state index is 0.249. The van der Waals surface area contributed by atoms with Crippen molar-refractivity contribution in [3.05, 3.63) is 17.2 Å². The molecule has 0 saturated heterocycles. The van der Waals surface area contributed by atoms with E-state index in [0.29, 0.717) is 18.0 Å². The highest BCUT2D eigenvalue weighted by atomic mass is 35.5. The molecule has 0 bridgehead atoms. The van der Waals surface area contributed by atoms with Crippen molar-refractivity contribution >= 4 is 17.6 Å². The van der Waals surface area contributed by atoms with E-state index in [2.05, 4.69) is 14.7 Å². The summed E-state index contributed by atoms with van der Waals surface area (Å²) in [5, 5.41) is 0.416. The number of nitrogens with zero attached hydrogens (tertiary/aromatic N) is 1. The van der Waals surface area contributed by atoms with Gasteiger partial charge in [0.15, 0.2) is 0 Å². The lowest BCUT2D eigenvalue weighted by Crippen LogP contribution is -2.02. The highest BCUT2D eigenvalue weighted by Crippen LogP contribution is 2.11. The number of imidazole rings is 1. The van der Waals surface area contributed by atoms with Gasteiger partial charge in [0.05, 0.1) is 25.6 Å². The first-order chi connectivity index (χ1) is 5.74. The van der Waals surface area contributed by atoms with E-state index in [9.17, 15) is 4.79 Å². The number of methoxy groups -OCH3 is 1. The van der Waals surface area contributed by atoms with Crippen LogP contribution in [0.4, 0.5) is 0 Å². The maximum atomic E-state index is 10.7. The van der Waals surface area contributed by atoms with Crippen LogP contribution in [0.1, 0.15) is 12.1 Å². The summed E-state index contributed by atoms with van der Waals surface area (Å²) in [6.45, 7) is 0. The topological polar surface area (TPSA) is 55.0 Å². The third-order valence-corrected chi connectivity index (χ3v) is 1.80. The second-order valence-corrected chi connectivity index (χ2v) is 2.61. The maximum Gasteiger partial charge on any atom is 0.305 e. The molecule has 12 heavy (non-hydrogen) atoms. The largest absolute Gasteiger partial charge is 0.469 e. The van der Waals surface area contributed by atoms with Crippen LogP contribution in [0.25, 0.3) is 0 Å². The van der Waals surface area contributed by atoms with E-state index in [4.69, 9.17) is 11.6 Å². The van der Waals surface area contributed by atoms with E-state index in [0.717, 1.165) is 5.69 Å². The first-order valence-corrected chi connectivity index (χ1v) is 3.86. The van der Waals surface area contributed by atoms with Crippen LogP contribution >= 0.6 is 11.6 Å². The van der Waals surface area contributed by atoms with Gasteiger partial charge in [-0.2, -0.15) is 0 Å². The SMILES string of the molecule is COC(=O)CCc1[nH]cnc1Cl. The van der Waals surface area contributed by atoms with Crippen molar-refractivity contribution in [1.29, 1.82) is 0 Å². The summed E-state index contributed by atoms with van der Waals surface area (Å²) in [5.74, 6) is -0.249. The van der Waals surface area contributed by atoms with Crippen molar-refractivity contribution in [3.63, 3.8) is 0 Å². The molecule has 5 heteroatoms. The Hall–Kier alpha value is -1.03. The summed E-state index contributed by atoms with van der Waals surface area (Å²) in [7, 11) is 1.36. The molecule has 66 valence electrons. The Morgan fingerprint density at radius 3 is 3.08 bits per heavy atom. The van der Waals surface area contributed by atoms with Gasteiger partial charge in [0.1, 0.15) is 5.15 Å². The Labute approximate surface area is 74.9 Å². The average Bonchev–Trinajstić information content (AvgIpc) is 2.47. The number of ether oxygens (including phenoxy) is 1. The number of carbonyl (C=O) groups is 1. The van der Waals surface area contributed by atoms with E-state index in [-0.39, 0.29) is 5.97 Å². The lowest BCUT2D eigenvalue weighted by Gasteiger charge is -1.96. The van der Waals surface area contributed by atoms with Crippen molar-refractivity contribution in [2.45, 2.75) is 12.8 Å². The third kappa shape index (κ3) is 2.23. The predicted octanol–water partition coefficient (Wildman–Crippen LogP) is 1.17. The van der Waals surface area contributed by atoms with Gasteiger partial charge < -0.3 is 9.72 Å². The van der Waals surface area contributed by atoms with Gasteiger partial charge in [-0.25, -0.2) is 4.98 Å². The molecule has 0 aliphatic heterocycles. The lowest BCUT2D eigenvalue weighted by atomic mass is 10.2. The van der Waals surface area contributed by atoms with Crippen LogP contribution in [0.15, 0.2) is 6.33 Å². The number of halogens is 1. The molecular formula is C7H9ClN2O2. The number of aromatic nitrogens is 2. The highest BCUT2D eigenvalue weighted by molar-refractivity contribution is 6.30. The van der Waals surface area contributed by atoms with Crippen molar-refractivity contribution in [1.82, 2.24) is 9.97 Å². The molecule has 0 atom stereocenters. The molecule has 1 aromatic heterocycles. The number of esters is 1. The minimum atomic E-state index is -0.249. The number of carbonyl (C=O) groups excluding carboxylic acids is 1. The molecule has 0 aliphatic rings. The van der Waals surface area contributed by atoms with E-state index in [1.807, 2.05) is 0 Å². The number of rotatable bonds is 3. The average molecular weight is 189 g/mol. The van der Waals surface area contributed by atoms with E-state index in [1.54, 1.807) is 0 Å². The van der Waals surface area contributed by atoms with Crippen molar-refractivity contribution in [2.75, 3.05) is 7.11 Å². The molecular weight excluding hydrogens is 180 g/mol. The van der Waals surface area contributed by atoms with Gasteiger partial charge >= 0.3 is 5.97 Å². The Morgan fingerprint density at radius 1 is 1.83 bits per heavy atom. The van der Waals surface area contributed by atoms with E-state index < -0.39 is 0 Å². The van der Waals surface area contributed by atoms with Crippen LogP contribution in [0.2, 0.25) is 5.15 Å². The molecule has 0 amide bonds. The molecule has 1 rings (SSSR count). The molecule has 1 N–H and O–H groups in total. The Morgan fingerprint density at radius 2 is 2.58 bits per heavy atom. The van der Waals surface area contributed by atoms with Gasteiger partial charge in [0, 0.05) is 6.42 Å². The van der Waals surface area contributed by atoms with Crippen molar-refractivity contribution in [2.24, 2.45) is 0 Å². The summed E-state index contributed by atoms with van der Waals surface area (Å²) < 4.78 is 4.47. The number of aryl methyl sites for hydroxylation is 1. The Bertz CT molecular complexity index is 272. The van der Waals surface area contributed by atoms with Gasteiger partial charge in [-0.05, 0) is 0 Å². The first kappa shape index (κ1) is 9.06. The van der Waals surface area contributed by atoms with Crippen LogP contribution in [-0.4, -0.2) is 23.0 Å². The Balaban J connectivity index is 2.43. The zero-order valence-electron chi connectivity index (χ0n) is 6.63. The zero-order chi connectivity index (χ0) is 8.97. The monoisotopic (exact) mass is 188 g/mol. The van der Waals surface area contributed by atoms with Crippen LogP contribution in [0, 0.1) is 0 Å². The molecule has 4 nitrogen and oxygen atoms in total. The van der Waals surface area contributed by atoms with Crippen LogP contribution < -0.4 is 0 Å². The molecule has 0 unspecified atom stereocenters. The molecule has 0 radical (unpaired) electrons. The number of H-pyrrole nitrogens is 1. The fraction of sp³-hybridized carbons (Fsp3) is 0.429. The summed E-state index contributed by atoms with van der Waals surface area (Å²) in [5.41, 5.74) is 0.766. The smallest absolute Gasteiger partial charge is 0.305 e. The van der Waals surface area contributed by atoms with Gasteiger partial charge in [-0.1, -0.05) is 11.6 Å². The second-order valence-electron chi connectivity index (χ2n) is 2.25. The summed E-state index contributed by atoms with van der Waals surface area (Å²) >= 11 is 5.67. The number of hydrogen-bond donors (Lipinski definition) is 1. The molecule has 1 aromatic rings. The Kier molecular flexibility index (Phi) is 3.10. The zero-order valence-corrected chi connectivity index (χ0v) is 7.39. The molecule has 0 aliphatic carbocycles. The summed E-state index contributed by atoms with van der Waals surface area (Å²) in [6.07, 6.45) is 2.35. The summed E-state index contributed by atoms with van der Waals surface area (Å²) in [6, 6.07) is 0. The number of aromatic amines is 1. The quantitative estimate of drug-likeness (QED) is 0.725. The number of hydrogen-bond acceptors (Lipinski definition) is 3. The second kappa shape index (κ2) is 4.11. The fourth-order valence-electron chi connectivity index (χ4n) is 0.809. The lowest BCUT2D eigenvalue weighted by molar-refractivity contribution is -0.140. The van der Waals surface area contributed by atoms with Crippen molar-refractivity contribution < 1.29 is 9.53 Å². The third-order valence-electron chi connectivity index (χ3n) is 1.47. The normalized spacial score (nSPS) is 9.83. The summed E-state index contributed by atoms with van der Waals surface area (Å²) in [4.78, 5) is 17.3. The van der Waals surface area contributed by atoms with Crippen LogP contribution in [0.3, 0.4) is 0 Å². The van der Waals surface area contributed by atoms with Gasteiger partial charge in [0.25, 0.3) is 0 Å². The molecule has 0 fully saturated rings. The maximum absolute atomic E-state index is 10.7. The van der Waals surface area contributed by atoms with Gasteiger partial charge in [-0.15, -0.1) is 0 Å². The van der Waals surface area contributed by atoms with E-state index >= 15 is 0 Å². The molecule has 0 aromatic carbocycles. The van der Waals surface area contributed by atoms with Crippen LogP contribution in [0.5, 0.6) is 0 Å². The fourth-order valence-corrected chi connectivity index (χ4v) is 1.01. The predicted molar refractivity (Wildman–Crippen MR) is 43.9 cm³/mol. The van der Waals surface area contributed by atoms with E-state index in [1.165, 1.54) is 13.4 Å². The number of nitrogens with one attached hydrogen (secondary N) is 1. The van der Waals surface area contributed by atoms with Gasteiger partial charge in [-0.3, -0.25) is 4.79 Å². The molecule has 0 spiro atoms. The van der Waals surface area contributed by atoms with Gasteiger partial charge in [0.2, 0.25) is 0 Å². The molecule has 0 saturated carbocycles. The first-order valence-electron chi connectivity index (χ1n) is 3.48.